The summed E-state index contributed by atoms with van der Waals surface area (Å²) in [6.45, 7) is 8.31. The molecule has 9 nitrogen and oxygen atoms in total. The number of piperidine rings is 1. The quantitative estimate of drug-likeness (QED) is 0.196. The molecule has 1 heterocycles. The zero-order chi connectivity index (χ0) is 29.3. The highest BCUT2D eigenvalue weighted by Gasteiger charge is 2.50. The molecule has 1 saturated heterocycles. The Bertz CT molecular complexity index is 921. The molecular weight excluding hydrogens is 514 g/mol. The fourth-order valence-electron chi connectivity index (χ4n) is 4.81. The van der Waals surface area contributed by atoms with Crippen LogP contribution in [0.2, 0.25) is 0 Å². The van der Waals surface area contributed by atoms with Gasteiger partial charge in [-0.25, -0.2) is 0 Å². The Morgan fingerprint density at radius 3 is 1.82 bits per heavy atom. The van der Waals surface area contributed by atoms with Crippen LogP contribution in [0.25, 0.3) is 0 Å². The van der Waals surface area contributed by atoms with E-state index >= 15 is 0 Å². The first-order chi connectivity index (χ1) is 19.3. The third-order valence-electron chi connectivity index (χ3n) is 6.76. The van der Waals surface area contributed by atoms with Crippen molar-refractivity contribution in [1.29, 1.82) is 0 Å². The van der Waals surface area contributed by atoms with Crippen LogP contribution < -0.4 is 0 Å². The lowest BCUT2D eigenvalue weighted by atomic mass is 9.92. The molecule has 0 saturated carbocycles. The van der Waals surface area contributed by atoms with E-state index in [9.17, 15) is 19.2 Å². The molecular formula is C31H47NO8. The van der Waals surface area contributed by atoms with E-state index in [1.807, 2.05) is 50.8 Å². The van der Waals surface area contributed by atoms with E-state index in [1.54, 1.807) is 0 Å². The summed E-state index contributed by atoms with van der Waals surface area (Å²) in [5.41, 5.74) is 1.19. The van der Waals surface area contributed by atoms with Crippen LogP contribution in [0.3, 0.4) is 0 Å². The number of benzene rings is 1. The van der Waals surface area contributed by atoms with Crippen LogP contribution >= 0.6 is 0 Å². The number of nitrogens with zero attached hydrogens (tertiary/aromatic N) is 1. The number of carbonyl (C=O) groups is 4. The Morgan fingerprint density at radius 1 is 0.725 bits per heavy atom. The summed E-state index contributed by atoms with van der Waals surface area (Å²) in [6.07, 6.45) is 2.03. The van der Waals surface area contributed by atoms with Crippen LogP contribution in [-0.2, 0) is 44.5 Å². The third kappa shape index (κ3) is 11.3. The van der Waals surface area contributed by atoms with Crippen molar-refractivity contribution >= 4 is 23.9 Å². The Morgan fingerprint density at radius 2 is 1.25 bits per heavy atom. The van der Waals surface area contributed by atoms with Crippen molar-refractivity contribution in [2.45, 2.75) is 116 Å². The molecule has 40 heavy (non-hydrogen) atoms. The minimum absolute atomic E-state index is 0.0360. The Balaban J connectivity index is 2.41. The Labute approximate surface area is 238 Å². The number of esters is 4. The maximum Gasteiger partial charge on any atom is 0.306 e. The molecule has 0 radical (unpaired) electrons. The second kappa shape index (κ2) is 18.4. The van der Waals surface area contributed by atoms with Crippen molar-refractivity contribution in [3.63, 3.8) is 0 Å². The molecule has 0 spiro atoms. The zero-order valence-electron chi connectivity index (χ0n) is 24.6. The maximum atomic E-state index is 12.8. The standard InChI is InChI=1S/C31H47NO8/c1-5-13-26(33)37-22-24-30(39-28(35)15-7-3)31(40-29(36)16-8-4)25(38-27(34)14-6-2)21-32(24)20-12-19-23-17-10-9-11-18-23/h9-11,17-18,24-25,30-31H,5-8,12-16,19-22H2,1-4H3/t24-,25+,30-,31-/m1/s1. The highest BCUT2D eigenvalue weighted by atomic mass is 16.6. The Kier molecular flexibility index (Phi) is 15.3. The monoisotopic (exact) mass is 561 g/mol. The van der Waals surface area contributed by atoms with Crippen molar-refractivity contribution < 1.29 is 38.1 Å². The van der Waals surface area contributed by atoms with Gasteiger partial charge in [-0.05, 0) is 50.6 Å². The topological polar surface area (TPSA) is 108 Å². The normalized spacial score (nSPS) is 20.9. The lowest BCUT2D eigenvalue weighted by Gasteiger charge is -2.47. The van der Waals surface area contributed by atoms with Crippen molar-refractivity contribution in [1.82, 2.24) is 4.90 Å². The van der Waals surface area contributed by atoms with Crippen LogP contribution in [0.5, 0.6) is 0 Å². The average Bonchev–Trinajstić information content (AvgIpc) is 2.91. The van der Waals surface area contributed by atoms with Gasteiger partial charge in [0.25, 0.3) is 0 Å². The molecule has 224 valence electrons. The fourth-order valence-corrected chi connectivity index (χ4v) is 4.81. The number of rotatable bonds is 17. The summed E-state index contributed by atoms with van der Waals surface area (Å²) in [7, 11) is 0. The van der Waals surface area contributed by atoms with E-state index in [-0.39, 0.29) is 44.8 Å². The predicted octanol–water partition coefficient (Wildman–Crippen LogP) is 4.78. The van der Waals surface area contributed by atoms with Crippen LogP contribution in [0.4, 0.5) is 0 Å². The first-order valence-electron chi connectivity index (χ1n) is 14.8. The van der Waals surface area contributed by atoms with Crippen molar-refractivity contribution in [2.24, 2.45) is 0 Å². The molecule has 4 atom stereocenters. The van der Waals surface area contributed by atoms with Gasteiger partial charge in [0, 0.05) is 32.2 Å². The molecule has 2 rings (SSSR count). The smallest absolute Gasteiger partial charge is 0.306 e. The molecule has 0 amide bonds. The molecule has 0 unspecified atom stereocenters. The van der Waals surface area contributed by atoms with E-state index < -0.39 is 42.3 Å². The highest BCUT2D eigenvalue weighted by molar-refractivity contribution is 5.72. The lowest BCUT2D eigenvalue weighted by Crippen LogP contribution is -2.65. The van der Waals surface area contributed by atoms with Gasteiger partial charge in [0.05, 0.1) is 6.04 Å². The van der Waals surface area contributed by atoms with Crippen molar-refractivity contribution in [3.05, 3.63) is 35.9 Å². The summed E-state index contributed by atoms with van der Waals surface area (Å²) >= 11 is 0. The fraction of sp³-hybridized carbons (Fsp3) is 0.677. The van der Waals surface area contributed by atoms with Gasteiger partial charge in [-0.15, -0.1) is 0 Å². The van der Waals surface area contributed by atoms with Gasteiger partial charge in [-0.1, -0.05) is 58.0 Å². The molecule has 0 aliphatic carbocycles. The number of aryl methyl sites for hydroxylation is 1. The van der Waals surface area contributed by atoms with Gasteiger partial charge in [0.1, 0.15) is 6.61 Å². The number of carbonyl (C=O) groups excluding carboxylic acids is 4. The van der Waals surface area contributed by atoms with E-state index in [4.69, 9.17) is 18.9 Å². The molecule has 1 aliphatic heterocycles. The first-order valence-corrected chi connectivity index (χ1v) is 14.8. The minimum Gasteiger partial charge on any atom is -0.464 e. The second-order valence-electron chi connectivity index (χ2n) is 10.3. The van der Waals surface area contributed by atoms with Crippen LogP contribution in [0, 0.1) is 0 Å². The SMILES string of the molecule is CCCC(=O)OC[C@@H]1[C@@H](OC(=O)CCC)[C@H](OC(=O)CCC)[C@@H](OC(=O)CCC)CN1CCCc1ccccc1. The largest absolute Gasteiger partial charge is 0.464 e. The second-order valence-corrected chi connectivity index (χ2v) is 10.3. The summed E-state index contributed by atoms with van der Waals surface area (Å²) < 4.78 is 23.3. The number of likely N-dealkylation sites (tertiary alicyclic amines) is 1. The van der Waals surface area contributed by atoms with Gasteiger partial charge < -0.3 is 18.9 Å². The molecule has 1 aromatic carbocycles. The predicted molar refractivity (Wildman–Crippen MR) is 150 cm³/mol. The van der Waals surface area contributed by atoms with Crippen molar-refractivity contribution in [2.75, 3.05) is 19.7 Å². The third-order valence-corrected chi connectivity index (χ3v) is 6.76. The molecule has 1 aromatic rings. The number of hydrogen-bond acceptors (Lipinski definition) is 9. The van der Waals surface area contributed by atoms with Gasteiger partial charge in [0.15, 0.2) is 18.3 Å². The first kappa shape index (κ1) is 33.3. The maximum absolute atomic E-state index is 12.8. The lowest BCUT2D eigenvalue weighted by molar-refractivity contribution is -0.210. The van der Waals surface area contributed by atoms with Gasteiger partial charge in [-0.3, -0.25) is 24.1 Å². The van der Waals surface area contributed by atoms with E-state index in [2.05, 4.69) is 12.1 Å². The average molecular weight is 562 g/mol. The van der Waals surface area contributed by atoms with Crippen molar-refractivity contribution in [3.8, 4) is 0 Å². The van der Waals surface area contributed by atoms with Gasteiger partial charge >= 0.3 is 23.9 Å². The summed E-state index contributed by atoms with van der Waals surface area (Å²) in [5, 5.41) is 0. The van der Waals surface area contributed by atoms with Crippen LogP contribution in [0.1, 0.15) is 91.0 Å². The van der Waals surface area contributed by atoms with E-state index in [0.717, 1.165) is 12.8 Å². The summed E-state index contributed by atoms with van der Waals surface area (Å²) in [4.78, 5) is 52.5. The minimum atomic E-state index is -1.01. The molecule has 9 heteroatoms. The number of hydrogen-bond donors (Lipinski definition) is 0. The number of ether oxygens (including phenoxy) is 4. The highest BCUT2D eigenvalue weighted by Crippen LogP contribution is 2.29. The molecule has 0 aromatic heterocycles. The summed E-state index contributed by atoms with van der Waals surface area (Å²) in [6, 6.07) is 9.52. The zero-order valence-corrected chi connectivity index (χ0v) is 24.6. The van der Waals surface area contributed by atoms with E-state index in [1.165, 1.54) is 5.56 Å². The summed E-state index contributed by atoms with van der Waals surface area (Å²) in [5.74, 6) is -1.65. The van der Waals surface area contributed by atoms with E-state index in [0.29, 0.717) is 32.2 Å². The van der Waals surface area contributed by atoms with Gasteiger partial charge in [0.2, 0.25) is 0 Å². The van der Waals surface area contributed by atoms with Gasteiger partial charge in [-0.2, -0.15) is 0 Å². The molecule has 1 aliphatic rings. The Hall–Kier alpha value is -2.94. The molecule has 1 fully saturated rings. The molecule has 0 N–H and O–H groups in total. The van der Waals surface area contributed by atoms with Crippen LogP contribution in [0.15, 0.2) is 30.3 Å². The van der Waals surface area contributed by atoms with Crippen LogP contribution in [-0.4, -0.2) is 72.8 Å². The molecule has 0 bridgehead atoms.